The van der Waals surface area contributed by atoms with Crippen LogP contribution in [0.25, 0.3) is 43.1 Å². The Balaban J connectivity index is 2.09. The van der Waals surface area contributed by atoms with Gasteiger partial charge in [-0.05, 0) is 57.9 Å². The molecule has 5 rings (SSSR count). The van der Waals surface area contributed by atoms with Gasteiger partial charge >= 0.3 is 0 Å². The highest BCUT2D eigenvalue weighted by Gasteiger charge is 2.15. The molecule has 0 aliphatic heterocycles. The number of fused-ring (bicyclic) bond motifs is 6. The molecule has 5 aromatic carbocycles. The monoisotopic (exact) mass is 380 g/mol. The molecule has 0 fully saturated rings. The molecule has 6 heteroatoms. The first kappa shape index (κ1) is 17.1. The molecular formula is C24H8N6. The number of nitriles is 4. The molecule has 0 saturated carbocycles. The van der Waals surface area contributed by atoms with Gasteiger partial charge in [0.25, 0.3) is 0 Å². The summed E-state index contributed by atoms with van der Waals surface area (Å²) in [6, 6.07) is 18.8. The van der Waals surface area contributed by atoms with Crippen molar-refractivity contribution in [2.24, 2.45) is 9.98 Å². The summed E-state index contributed by atoms with van der Waals surface area (Å²) in [7, 11) is 0. The van der Waals surface area contributed by atoms with E-state index in [0.29, 0.717) is 21.8 Å². The zero-order valence-electron chi connectivity index (χ0n) is 15.3. The van der Waals surface area contributed by atoms with E-state index in [1.165, 1.54) is 0 Å². The predicted octanol–water partition coefficient (Wildman–Crippen LogP) is 3.68. The Labute approximate surface area is 169 Å². The minimum atomic E-state index is 0.487. The molecule has 0 saturated heterocycles. The molecule has 0 aliphatic rings. The van der Waals surface area contributed by atoms with Crippen LogP contribution >= 0.6 is 0 Å². The SMILES string of the molecule is N#C/N=c1\c2cc(C#N)ccc2c2cc3c(cc12)/c(=N/C#N)c1cc(C#N)ccc13. The number of benzene rings is 3. The van der Waals surface area contributed by atoms with Crippen molar-refractivity contribution < 1.29 is 0 Å². The largest absolute Gasteiger partial charge is 0.206 e. The van der Waals surface area contributed by atoms with Crippen molar-refractivity contribution in [2.75, 3.05) is 0 Å². The van der Waals surface area contributed by atoms with E-state index < -0.39 is 0 Å². The Kier molecular flexibility index (Phi) is 3.56. The third-order valence-electron chi connectivity index (χ3n) is 5.38. The molecule has 134 valence electrons. The lowest BCUT2D eigenvalue weighted by molar-refractivity contribution is 1.37. The third kappa shape index (κ3) is 2.20. The van der Waals surface area contributed by atoms with Gasteiger partial charge in [0, 0.05) is 21.5 Å². The van der Waals surface area contributed by atoms with Gasteiger partial charge in [0.15, 0.2) is 0 Å². The van der Waals surface area contributed by atoms with Crippen molar-refractivity contribution in [1.29, 1.82) is 21.0 Å². The van der Waals surface area contributed by atoms with Crippen LogP contribution in [-0.2, 0) is 0 Å². The highest BCUT2D eigenvalue weighted by molar-refractivity contribution is 6.21. The Morgan fingerprint density at radius 2 is 0.867 bits per heavy atom. The van der Waals surface area contributed by atoms with Gasteiger partial charge in [0.05, 0.1) is 34.0 Å². The molecule has 5 aromatic rings. The average molecular weight is 380 g/mol. The van der Waals surface area contributed by atoms with Gasteiger partial charge in [0.1, 0.15) is 0 Å². The topological polar surface area (TPSA) is 120 Å². The van der Waals surface area contributed by atoms with E-state index in [2.05, 4.69) is 22.1 Å². The van der Waals surface area contributed by atoms with E-state index in [1.54, 1.807) is 24.3 Å². The smallest absolute Gasteiger partial charge is 0.192 e. The van der Waals surface area contributed by atoms with Crippen LogP contribution in [0.4, 0.5) is 0 Å². The van der Waals surface area contributed by atoms with Crippen LogP contribution in [0.15, 0.2) is 58.5 Å². The van der Waals surface area contributed by atoms with E-state index >= 15 is 0 Å². The standard InChI is InChI=1S/C24H8N6/c25-9-13-1-3-15-17-7-18-16-4-2-14(10-26)6-20(16)24(30-12-28)22(18)8-21(17)23(29-11-27)19(15)5-13/h1-8H/b29-23+,30-24+. The zero-order valence-corrected chi connectivity index (χ0v) is 15.3. The van der Waals surface area contributed by atoms with Crippen LogP contribution in [0.1, 0.15) is 11.1 Å². The fourth-order valence-electron chi connectivity index (χ4n) is 4.16. The van der Waals surface area contributed by atoms with Crippen LogP contribution in [0, 0.1) is 45.6 Å². The number of rotatable bonds is 0. The van der Waals surface area contributed by atoms with Crippen molar-refractivity contribution in [1.82, 2.24) is 0 Å². The van der Waals surface area contributed by atoms with Crippen molar-refractivity contribution in [3.8, 4) is 24.5 Å². The minimum absolute atomic E-state index is 0.487. The molecule has 0 unspecified atom stereocenters. The Morgan fingerprint density at radius 1 is 0.467 bits per heavy atom. The second-order valence-corrected chi connectivity index (χ2v) is 6.81. The van der Waals surface area contributed by atoms with E-state index in [0.717, 1.165) is 43.1 Å². The maximum atomic E-state index is 9.26. The Hall–Kier alpha value is -5.04. The summed E-state index contributed by atoms with van der Waals surface area (Å²) in [5, 5.41) is 44.5. The molecule has 0 amide bonds. The Bertz CT molecular complexity index is 1700. The van der Waals surface area contributed by atoms with Crippen LogP contribution in [0.2, 0.25) is 0 Å². The molecule has 0 radical (unpaired) electrons. The zero-order chi connectivity index (χ0) is 20.8. The second-order valence-electron chi connectivity index (χ2n) is 6.81. The summed E-state index contributed by atoms with van der Waals surface area (Å²) >= 11 is 0. The van der Waals surface area contributed by atoms with Gasteiger partial charge in [-0.25, -0.2) is 0 Å². The summed E-state index contributed by atoms with van der Waals surface area (Å²) in [6.07, 6.45) is 3.70. The highest BCUT2D eigenvalue weighted by Crippen LogP contribution is 2.32. The van der Waals surface area contributed by atoms with E-state index in [9.17, 15) is 21.0 Å². The summed E-state index contributed by atoms with van der Waals surface area (Å²) < 4.78 is 0. The van der Waals surface area contributed by atoms with Crippen LogP contribution < -0.4 is 10.7 Å². The van der Waals surface area contributed by atoms with Crippen molar-refractivity contribution in [3.05, 3.63) is 70.4 Å². The molecule has 0 atom stereocenters. The van der Waals surface area contributed by atoms with Gasteiger partial charge < -0.3 is 0 Å². The van der Waals surface area contributed by atoms with E-state index in [1.807, 2.05) is 36.7 Å². The second kappa shape index (κ2) is 6.25. The first-order valence-corrected chi connectivity index (χ1v) is 8.92. The lowest BCUT2D eigenvalue weighted by atomic mass is 10.1. The lowest BCUT2D eigenvalue weighted by Gasteiger charge is -1.96. The number of hydrogen-bond acceptors (Lipinski definition) is 6. The lowest BCUT2D eigenvalue weighted by Crippen LogP contribution is -2.00. The maximum absolute atomic E-state index is 9.26. The molecule has 0 heterocycles. The average Bonchev–Trinajstić information content (AvgIpc) is 3.24. The van der Waals surface area contributed by atoms with Crippen molar-refractivity contribution >= 4 is 43.1 Å². The molecule has 6 nitrogen and oxygen atoms in total. The highest BCUT2D eigenvalue weighted by atomic mass is 14.7. The van der Waals surface area contributed by atoms with Crippen LogP contribution in [0.3, 0.4) is 0 Å². The van der Waals surface area contributed by atoms with Gasteiger partial charge in [-0.3, -0.25) is 0 Å². The van der Waals surface area contributed by atoms with Gasteiger partial charge in [-0.2, -0.15) is 31.0 Å². The Morgan fingerprint density at radius 3 is 1.27 bits per heavy atom. The van der Waals surface area contributed by atoms with Crippen LogP contribution in [0.5, 0.6) is 0 Å². The third-order valence-corrected chi connectivity index (χ3v) is 5.38. The molecule has 0 bridgehead atoms. The number of nitrogens with zero attached hydrogens (tertiary/aromatic N) is 6. The molecular weight excluding hydrogens is 372 g/mol. The molecule has 0 aliphatic carbocycles. The summed E-state index contributed by atoms with van der Waals surface area (Å²) in [4.78, 5) is 8.04. The first-order valence-electron chi connectivity index (χ1n) is 8.92. The fraction of sp³-hybridized carbons (Fsp3) is 0. The summed E-state index contributed by atoms with van der Waals surface area (Å²) in [5.74, 6) is 0. The number of hydrogen-bond donors (Lipinski definition) is 0. The molecule has 0 aromatic heterocycles. The fourth-order valence-corrected chi connectivity index (χ4v) is 4.16. The van der Waals surface area contributed by atoms with Gasteiger partial charge in [0.2, 0.25) is 12.4 Å². The van der Waals surface area contributed by atoms with Gasteiger partial charge in [-0.15, -0.1) is 0 Å². The minimum Gasteiger partial charge on any atom is -0.192 e. The normalized spacial score (nSPS) is 12.3. The van der Waals surface area contributed by atoms with Crippen molar-refractivity contribution in [2.45, 2.75) is 0 Å². The summed E-state index contributed by atoms with van der Waals surface area (Å²) in [5.41, 5.74) is 0.974. The predicted molar refractivity (Wildman–Crippen MR) is 111 cm³/mol. The van der Waals surface area contributed by atoms with Crippen LogP contribution in [-0.4, -0.2) is 0 Å². The maximum Gasteiger partial charge on any atom is 0.206 e. The first-order chi connectivity index (χ1) is 14.7. The molecule has 0 spiro atoms. The van der Waals surface area contributed by atoms with Crippen molar-refractivity contribution in [3.63, 3.8) is 0 Å². The van der Waals surface area contributed by atoms with E-state index in [-0.39, 0.29) is 0 Å². The summed E-state index contributed by atoms with van der Waals surface area (Å²) in [6.45, 7) is 0. The molecule has 30 heavy (non-hydrogen) atoms. The quantitative estimate of drug-likeness (QED) is 0.380. The van der Waals surface area contributed by atoms with E-state index in [4.69, 9.17) is 0 Å². The molecule has 0 N–H and O–H groups in total. The van der Waals surface area contributed by atoms with Gasteiger partial charge in [-0.1, -0.05) is 12.1 Å².